The topological polar surface area (TPSA) is 32.3 Å². The van der Waals surface area contributed by atoms with Crippen molar-refractivity contribution in [2.45, 2.75) is 6.42 Å². The van der Waals surface area contributed by atoms with Gasteiger partial charge < -0.3 is 10.2 Å². The second-order valence-electron chi connectivity index (χ2n) is 3.95. The largest absolute Gasteiger partial charge is 0.336 e. The lowest BCUT2D eigenvalue weighted by Gasteiger charge is -2.28. The minimum Gasteiger partial charge on any atom is -0.336 e. The fourth-order valence-electron chi connectivity index (χ4n) is 1.92. The normalized spacial score (nSPS) is 23.4. The molecule has 2 rings (SSSR count). The van der Waals surface area contributed by atoms with Crippen LogP contribution < -0.4 is 5.32 Å². The standard InChI is InChI=1S/C12H15BrN2O/c13-9-10-2-1-3-11(8-10)12(16)15-6-4-14-5-7-15/h1-3,9,14H,4-8H2. The third-order valence-electron chi connectivity index (χ3n) is 2.82. The molecule has 0 atom stereocenters. The highest BCUT2D eigenvalue weighted by Crippen LogP contribution is 2.20. The van der Waals surface area contributed by atoms with Crippen molar-refractivity contribution in [3.8, 4) is 0 Å². The highest BCUT2D eigenvalue weighted by atomic mass is 79.9. The maximum absolute atomic E-state index is 12.2. The summed E-state index contributed by atoms with van der Waals surface area (Å²) in [6.45, 7) is 3.42. The van der Waals surface area contributed by atoms with Gasteiger partial charge in [-0.25, -0.2) is 0 Å². The highest BCUT2D eigenvalue weighted by molar-refractivity contribution is 9.11. The fourth-order valence-corrected chi connectivity index (χ4v) is 2.23. The molecule has 0 radical (unpaired) electrons. The van der Waals surface area contributed by atoms with Crippen LogP contribution in [0.25, 0.3) is 0 Å². The van der Waals surface area contributed by atoms with Gasteiger partial charge in [-0.05, 0) is 10.6 Å². The molecule has 2 aliphatic rings. The van der Waals surface area contributed by atoms with E-state index in [9.17, 15) is 4.79 Å². The zero-order valence-corrected chi connectivity index (χ0v) is 10.7. The summed E-state index contributed by atoms with van der Waals surface area (Å²) in [6.07, 6.45) is 6.60. The molecule has 0 aromatic rings. The van der Waals surface area contributed by atoms with Crippen LogP contribution in [0.4, 0.5) is 0 Å². The molecule has 1 aliphatic heterocycles. The molecule has 0 unspecified atom stereocenters. The van der Waals surface area contributed by atoms with E-state index in [1.54, 1.807) is 0 Å². The molecule has 16 heavy (non-hydrogen) atoms. The molecule has 1 N–H and O–H groups in total. The Bertz CT molecular complexity index is 365. The first-order chi connectivity index (χ1) is 7.81. The van der Waals surface area contributed by atoms with Crippen LogP contribution in [0.1, 0.15) is 6.42 Å². The van der Waals surface area contributed by atoms with Gasteiger partial charge in [0, 0.05) is 38.2 Å². The average molecular weight is 283 g/mol. The van der Waals surface area contributed by atoms with Crippen LogP contribution in [-0.4, -0.2) is 37.0 Å². The predicted octanol–water partition coefficient (Wildman–Crippen LogP) is 1.58. The van der Waals surface area contributed by atoms with E-state index in [-0.39, 0.29) is 5.91 Å². The zero-order valence-electron chi connectivity index (χ0n) is 9.08. The van der Waals surface area contributed by atoms with Crippen molar-refractivity contribution in [1.29, 1.82) is 0 Å². The lowest BCUT2D eigenvalue weighted by atomic mass is 10.00. The molecule has 0 aromatic carbocycles. The monoisotopic (exact) mass is 282 g/mol. The summed E-state index contributed by atoms with van der Waals surface area (Å²) in [5.74, 6) is 0.178. The second-order valence-corrected chi connectivity index (χ2v) is 4.41. The predicted molar refractivity (Wildman–Crippen MR) is 68.3 cm³/mol. The number of hydrogen-bond donors (Lipinski definition) is 1. The van der Waals surface area contributed by atoms with Crippen LogP contribution >= 0.6 is 15.9 Å². The van der Waals surface area contributed by atoms with Gasteiger partial charge in [-0.2, -0.15) is 0 Å². The zero-order chi connectivity index (χ0) is 11.4. The molecular weight excluding hydrogens is 268 g/mol. The summed E-state index contributed by atoms with van der Waals surface area (Å²) >= 11 is 3.31. The number of rotatable bonds is 1. The number of carbonyl (C=O) groups excluding carboxylic acids is 1. The summed E-state index contributed by atoms with van der Waals surface area (Å²) in [6, 6.07) is 0. The minimum atomic E-state index is 0.178. The van der Waals surface area contributed by atoms with Gasteiger partial charge in [0.25, 0.3) is 0 Å². The third kappa shape index (κ3) is 2.62. The van der Waals surface area contributed by atoms with E-state index in [0.717, 1.165) is 43.7 Å². The van der Waals surface area contributed by atoms with Crippen molar-refractivity contribution < 1.29 is 4.79 Å². The Morgan fingerprint density at radius 3 is 2.88 bits per heavy atom. The summed E-state index contributed by atoms with van der Waals surface area (Å²) in [7, 11) is 0. The van der Waals surface area contributed by atoms with Crippen LogP contribution in [-0.2, 0) is 4.79 Å². The van der Waals surface area contributed by atoms with E-state index in [1.165, 1.54) is 0 Å². The van der Waals surface area contributed by atoms with Crippen molar-refractivity contribution in [1.82, 2.24) is 10.2 Å². The maximum atomic E-state index is 12.2. The van der Waals surface area contributed by atoms with Gasteiger partial charge in [0.1, 0.15) is 0 Å². The SMILES string of the molecule is O=C(C1=CC=CC(=CBr)C1)N1CCNCC1. The molecular formula is C12H15BrN2O. The van der Waals surface area contributed by atoms with Crippen LogP contribution in [0.5, 0.6) is 0 Å². The number of halogens is 1. The summed E-state index contributed by atoms with van der Waals surface area (Å²) in [4.78, 5) is 16.0. The molecule has 0 spiro atoms. The van der Waals surface area contributed by atoms with Gasteiger partial charge in [0.2, 0.25) is 5.91 Å². The quantitative estimate of drug-likeness (QED) is 0.792. The van der Waals surface area contributed by atoms with E-state index < -0.39 is 0 Å². The number of allylic oxidation sites excluding steroid dienone is 4. The average Bonchev–Trinajstić information content (AvgIpc) is 2.39. The third-order valence-corrected chi connectivity index (χ3v) is 3.41. The minimum absolute atomic E-state index is 0.178. The van der Waals surface area contributed by atoms with E-state index in [1.807, 2.05) is 28.1 Å². The number of hydrogen-bond acceptors (Lipinski definition) is 2. The number of nitrogens with one attached hydrogen (secondary N) is 1. The lowest BCUT2D eigenvalue weighted by Crippen LogP contribution is -2.47. The number of piperazine rings is 1. The second kappa shape index (κ2) is 5.46. The molecule has 1 aliphatic carbocycles. The highest BCUT2D eigenvalue weighted by Gasteiger charge is 2.20. The van der Waals surface area contributed by atoms with Gasteiger partial charge in [-0.1, -0.05) is 34.2 Å². The van der Waals surface area contributed by atoms with E-state index in [2.05, 4.69) is 21.2 Å². The molecule has 1 amide bonds. The van der Waals surface area contributed by atoms with Crippen molar-refractivity contribution in [3.63, 3.8) is 0 Å². The Balaban J connectivity index is 2.04. The number of carbonyl (C=O) groups is 1. The Labute approximate surface area is 104 Å². The number of nitrogens with zero attached hydrogens (tertiary/aromatic N) is 1. The van der Waals surface area contributed by atoms with Crippen molar-refractivity contribution in [3.05, 3.63) is 34.4 Å². The summed E-state index contributed by atoms with van der Waals surface area (Å²) in [5, 5.41) is 3.25. The first-order valence-corrected chi connectivity index (χ1v) is 6.39. The first kappa shape index (κ1) is 11.6. The van der Waals surface area contributed by atoms with E-state index in [0.29, 0.717) is 0 Å². The van der Waals surface area contributed by atoms with Crippen molar-refractivity contribution in [2.75, 3.05) is 26.2 Å². The van der Waals surface area contributed by atoms with Gasteiger partial charge in [0.05, 0.1) is 0 Å². The molecule has 3 nitrogen and oxygen atoms in total. The Morgan fingerprint density at radius 2 is 2.19 bits per heavy atom. The van der Waals surface area contributed by atoms with Gasteiger partial charge in [-0.15, -0.1) is 0 Å². The summed E-state index contributed by atoms with van der Waals surface area (Å²) in [5.41, 5.74) is 2.02. The van der Waals surface area contributed by atoms with E-state index >= 15 is 0 Å². The Kier molecular flexibility index (Phi) is 3.96. The fraction of sp³-hybridized carbons (Fsp3) is 0.417. The maximum Gasteiger partial charge on any atom is 0.250 e. The van der Waals surface area contributed by atoms with Crippen LogP contribution in [0.15, 0.2) is 34.4 Å². The van der Waals surface area contributed by atoms with Gasteiger partial charge in [-0.3, -0.25) is 4.79 Å². The molecule has 4 heteroatoms. The molecule has 0 bridgehead atoms. The van der Waals surface area contributed by atoms with Crippen molar-refractivity contribution >= 4 is 21.8 Å². The lowest BCUT2D eigenvalue weighted by molar-refractivity contribution is -0.127. The summed E-state index contributed by atoms with van der Waals surface area (Å²) < 4.78 is 0. The van der Waals surface area contributed by atoms with E-state index in [4.69, 9.17) is 0 Å². The molecule has 0 aromatic heterocycles. The first-order valence-electron chi connectivity index (χ1n) is 5.48. The Morgan fingerprint density at radius 1 is 1.44 bits per heavy atom. The molecule has 86 valence electrons. The smallest absolute Gasteiger partial charge is 0.250 e. The Hall–Kier alpha value is -0.870. The molecule has 1 fully saturated rings. The molecule has 1 heterocycles. The van der Waals surface area contributed by atoms with Crippen LogP contribution in [0, 0.1) is 0 Å². The number of amides is 1. The van der Waals surface area contributed by atoms with Gasteiger partial charge >= 0.3 is 0 Å². The van der Waals surface area contributed by atoms with Crippen LogP contribution in [0.3, 0.4) is 0 Å². The van der Waals surface area contributed by atoms with Crippen molar-refractivity contribution in [2.24, 2.45) is 0 Å². The molecule has 1 saturated heterocycles. The van der Waals surface area contributed by atoms with Crippen LogP contribution in [0.2, 0.25) is 0 Å². The molecule has 0 saturated carbocycles. The van der Waals surface area contributed by atoms with Gasteiger partial charge in [0.15, 0.2) is 0 Å².